The predicted octanol–water partition coefficient (Wildman–Crippen LogP) is 6.96. The Morgan fingerprint density at radius 3 is 2.54 bits per heavy atom. The molecule has 0 fully saturated rings. The van der Waals surface area contributed by atoms with Crippen molar-refractivity contribution in [2.45, 2.75) is 66.1 Å². The fourth-order valence-corrected chi connectivity index (χ4v) is 3.41. The van der Waals surface area contributed by atoms with Crippen LogP contribution in [-0.2, 0) is 12.7 Å². The minimum absolute atomic E-state index is 0.161. The summed E-state index contributed by atoms with van der Waals surface area (Å²) in [4.78, 5) is 8.72. The minimum Gasteiger partial charge on any atom is -0.327 e. The molecule has 1 heterocycles. The monoisotopic (exact) mass is 387 g/mol. The van der Waals surface area contributed by atoms with E-state index in [9.17, 15) is 13.2 Å². The van der Waals surface area contributed by atoms with Gasteiger partial charge in [0.25, 0.3) is 0 Å². The Bertz CT molecular complexity index is 794. The van der Waals surface area contributed by atoms with Gasteiger partial charge in [-0.3, -0.25) is 4.99 Å². The number of aromatic nitrogens is 2. The van der Waals surface area contributed by atoms with Gasteiger partial charge in [-0.25, -0.2) is 4.98 Å². The summed E-state index contributed by atoms with van der Waals surface area (Å²) in [7, 11) is 0. The van der Waals surface area contributed by atoms with E-state index in [1.807, 2.05) is 11.5 Å². The first-order chi connectivity index (χ1) is 12.2. The van der Waals surface area contributed by atoms with E-state index in [0.717, 1.165) is 31.7 Å². The van der Waals surface area contributed by atoms with E-state index in [0.29, 0.717) is 17.9 Å². The average molecular weight is 388 g/mol. The fraction of sp³-hybridized carbons (Fsp3) is 0.579. The zero-order valence-electron chi connectivity index (χ0n) is 15.6. The smallest absolute Gasteiger partial charge is 0.327 e. The quantitative estimate of drug-likeness (QED) is 0.472. The molecule has 0 radical (unpaired) electrons. The van der Waals surface area contributed by atoms with Gasteiger partial charge in [0, 0.05) is 12.8 Å². The summed E-state index contributed by atoms with van der Waals surface area (Å²) in [5, 5.41) is -0.360. The first kappa shape index (κ1) is 20.7. The molecule has 144 valence electrons. The topological polar surface area (TPSA) is 30.2 Å². The van der Waals surface area contributed by atoms with Crippen LogP contribution in [0.4, 0.5) is 18.9 Å². The molecule has 0 bridgehead atoms. The highest BCUT2D eigenvalue weighted by Crippen LogP contribution is 2.44. The van der Waals surface area contributed by atoms with Crippen molar-refractivity contribution >= 4 is 34.5 Å². The number of nitrogens with zero attached hydrogens (tertiary/aromatic N) is 3. The minimum atomic E-state index is -4.55. The van der Waals surface area contributed by atoms with Gasteiger partial charge in [0.1, 0.15) is 11.5 Å². The Morgan fingerprint density at radius 1 is 1.31 bits per heavy atom. The first-order valence-corrected chi connectivity index (χ1v) is 9.42. The number of hydrogen-bond donors (Lipinski definition) is 0. The van der Waals surface area contributed by atoms with Crippen molar-refractivity contribution < 1.29 is 13.2 Å². The van der Waals surface area contributed by atoms with Crippen molar-refractivity contribution in [2.75, 3.05) is 0 Å². The second-order valence-corrected chi connectivity index (χ2v) is 6.82. The molecule has 0 saturated heterocycles. The Hall–Kier alpha value is -1.56. The molecule has 26 heavy (non-hydrogen) atoms. The molecule has 1 unspecified atom stereocenters. The lowest BCUT2D eigenvalue weighted by molar-refractivity contribution is -0.137. The lowest BCUT2D eigenvalue weighted by Gasteiger charge is -2.14. The molecular formula is C19H25ClF3N3. The maximum atomic E-state index is 13.4. The number of halogens is 4. The third kappa shape index (κ3) is 4.22. The summed E-state index contributed by atoms with van der Waals surface area (Å²) in [6.45, 7) is 8.44. The number of unbranched alkanes of at least 4 members (excludes halogenated alkanes) is 1. The van der Waals surface area contributed by atoms with Crippen molar-refractivity contribution in [3.8, 4) is 0 Å². The maximum absolute atomic E-state index is 13.4. The molecule has 1 atom stereocenters. The van der Waals surface area contributed by atoms with E-state index in [1.54, 1.807) is 13.1 Å². The van der Waals surface area contributed by atoms with Crippen molar-refractivity contribution in [2.24, 2.45) is 10.9 Å². The highest BCUT2D eigenvalue weighted by Gasteiger charge is 2.36. The van der Waals surface area contributed by atoms with Gasteiger partial charge in [-0.1, -0.05) is 38.3 Å². The second-order valence-electron chi connectivity index (χ2n) is 6.44. The lowest BCUT2D eigenvalue weighted by Crippen LogP contribution is -2.07. The van der Waals surface area contributed by atoms with Gasteiger partial charge in [-0.2, -0.15) is 13.2 Å². The third-order valence-electron chi connectivity index (χ3n) is 4.62. The number of benzene rings is 1. The summed E-state index contributed by atoms with van der Waals surface area (Å²) in [5.41, 5.74) is 0.106. The van der Waals surface area contributed by atoms with Crippen LogP contribution in [0.15, 0.2) is 11.1 Å². The summed E-state index contributed by atoms with van der Waals surface area (Å²) in [6, 6.07) is 1.02. The van der Waals surface area contributed by atoms with Crippen LogP contribution in [0.1, 0.15) is 57.8 Å². The molecule has 7 heteroatoms. The zero-order chi connectivity index (χ0) is 19.5. The number of hydrogen-bond acceptors (Lipinski definition) is 2. The Labute approximate surface area is 157 Å². The Balaban J connectivity index is 2.66. The molecule has 0 saturated carbocycles. The standard InChI is InChI=1S/C19H25ClF3N3/c1-5-8-9-13(6-2)11-24-17-16(20)14(19(21,22)23)10-15-18(17)26(7-3)12(4)25-15/h10-11,13H,5-9H2,1-4H3. The summed E-state index contributed by atoms with van der Waals surface area (Å²) < 4.78 is 42.1. The SMILES string of the molecule is CCCCC(C=Nc1c(Cl)c(C(F)(F)F)cc2nc(C)n(CC)c12)CC. The maximum Gasteiger partial charge on any atom is 0.418 e. The van der Waals surface area contributed by atoms with E-state index >= 15 is 0 Å². The average Bonchev–Trinajstić information content (AvgIpc) is 2.90. The number of aliphatic imine (C=N–C) groups is 1. The van der Waals surface area contributed by atoms with Crippen LogP contribution in [-0.4, -0.2) is 15.8 Å². The number of fused-ring (bicyclic) bond motifs is 1. The van der Waals surface area contributed by atoms with Gasteiger partial charge in [0.15, 0.2) is 0 Å². The number of aryl methyl sites for hydroxylation is 2. The summed E-state index contributed by atoms with van der Waals surface area (Å²) >= 11 is 6.17. The molecule has 2 rings (SSSR count). The van der Waals surface area contributed by atoms with Gasteiger partial charge >= 0.3 is 6.18 Å². The molecule has 0 spiro atoms. The van der Waals surface area contributed by atoms with Crippen molar-refractivity contribution in [1.82, 2.24) is 9.55 Å². The summed E-state index contributed by atoms with van der Waals surface area (Å²) in [6.07, 6.45) is 1.17. The number of rotatable bonds is 7. The Morgan fingerprint density at radius 2 is 2.00 bits per heavy atom. The summed E-state index contributed by atoms with van der Waals surface area (Å²) in [5.74, 6) is 0.863. The molecule has 0 amide bonds. The largest absolute Gasteiger partial charge is 0.418 e. The van der Waals surface area contributed by atoms with Crippen LogP contribution in [0.2, 0.25) is 5.02 Å². The molecule has 0 N–H and O–H groups in total. The zero-order valence-corrected chi connectivity index (χ0v) is 16.4. The van der Waals surface area contributed by atoms with Gasteiger partial charge in [0.2, 0.25) is 0 Å². The van der Waals surface area contributed by atoms with Crippen LogP contribution < -0.4 is 0 Å². The molecule has 2 aromatic rings. The normalized spacial score (nSPS) is 13.8. The molecule has 1 aromatic carbocycles. The highest BCUT2D eigenvalue weighted by atomic mass is 35.5. The predicted molar refractivity (Wildman–Crippen MR) is 102 cm³/mol. The Kier molecular flexibility index (Phi) is 6.72. The molecule has 0 aliphatic rings. The van der Waals surface area contributed by atoms with Crippen LogP contribution in [0.5, 0.6) is 0 Å². The third-order valence-corrected chi connectivity index (χ3v) is 5.01. The van der Waals surface area contributed by atoms with Crippen LogP contribution >= 0.6 is 11.6 Å². The second kappa shape index (κ2) is 8.42. The molecular weight excluding hydrogens is 363 g/mol. The molecule has 0 aliphatic heterocycles. The lowest BCUT2D eigenvalue weighted by atomic mass is 10.0. The number of alkyl halides is 3. The van der Waals surface area contributed by atoms with E-state index in [-0.39, 0.29) is 22.1 Å². The van der Waals surface area contributed by atoms with Gasteiger partial charge in [0.05, 0.1) is 21.6 Å². The van der Waals surface area contributed by atoms with Crippen LogP contribution in [0.3, 0.4) is 0 Å². The van der Waals surface area contributed by atoms with E-state index in [1.165, 1.54) is 0 Å². The van der Waals surface area contributed by atoms with Gasteiger partial charge in [-0.15, -0.1) is 0 Å². The fourth-order valence-electron chi connectivity index (χ4n) is 3.11. The molecule has 0 aliphatic carbocycles. The van der Waals surface area contributed by atoms with Crippen molar-refractivity contribution in [1.29, 1.82) is 0 Å². The van der Waals surface area contributed by atoms with Crippen molar-refractivity contribution in [3.63, 3.8) is 0 Å². The van der Waals surface area contributed by atoms with Crippen LogP contribution in [0, 0.1) is 12.8 Å². The molecule has 1 aromatic heterocycles. The van der Waals surface area contributed by atoms with Crippen molar-refractivity contribution in [3.05, 3.63) is 22.5 Å². The first-order valence-electron chi connectivity index (χ1n) is 9.05. The van der Waals surface area contributed by atoms with E-state index in [4.69, 9.17) is 11.6 Å². The highest BCUT2D eigenvalue weighted by molar-refractivity contribution is 6.35. The van der Waals surface area contributed by atoms with Gasteiger partial charge < -0.3 is 4.57 Å². The number of imidazole rings is 1. The van der Waals surface area contributed by atoms with E-state index in [2.05, 4.69) is 23.8 Å². The van der Waals surface area contributed by atoms with Crippen LogP contribution in [0.25, 0.3) is 11.0 Å². The van der Waals surface area contributed by atoms with Gasteiger partial charge in [-0.05, 0) is 38.7 Å². The molecule has 3 nitrogen and oxygen atoms in total. The van der Waals surface area contributed by atoms with E-state index < -0.39 is 11.7 Å².